The molecule has 31 heavy (non-hydrogen) atoms. The predicted octanol–water partition coefficient (Wildman–Crippen LogP) is 3.80. The van der Waals surface area contributed by atoms with E-state index >= 15 is 0 Å². The van der Waals surface area contributed by atoms with Gasteiger partial charge in [-0.2, -0.15) is 0 Å². The maximum absolute atomic E-state index is 12.9. The fourth-order valence-corrected chi connectivity index (χ4v) is 4.94. The SMILES string of the molecule is O=C(/C=C/c1cccc([N+](=O)[O-])c1)c1ccc(N2C(=O)[C@@H]3[C@H](C2=O)[C@H]2C=C[C@H]3C2)cc1. The van der Waals surface area contributed by atoms with Crippen LogP contribution in [0.15, 0.2) is 66.8 Å². The molecule has 0 radical (unpaired) electrons. The number of ketones is 1. The highest BCUT2D eigenvalue weighted by atomic mass is 16.6. The van der Waals surface area contributed by atoms with Crippen LogP contribution in [0, 0.1) is 33.8 Å². The van der Waals surface area contributed by atoms with Crippen molar-refractivity contribution in [2.75, 3.05) is 4.90 Å². The highest BCUT2D eigenvalue weighted by Gasteiger charge is 2.59. The van der Waals surface area contributed by atoms with E-state index in [-0.39, 0.29) is 47.0 Å². The second-order valence-electron chi connectivity index (χ2n) is 8.11. The van der Waals surface area contributed by atoms with Crippen molar-refractivity contribution in [3.8, 4) is 0 Å². The molecule has 7 heteroatoms. The van der Waals surface area contributed by atoms with E-state index in [0.29, 0.717) is 16.8 Å². The van der Waals surface area contributed by atoms with E-state index in [0.717, 1.165) is 6.42 Å². The molecule has 154 valence electrons. The summed E-state index contributed by atoms with van der Waals surface area (Å²) < 4.78 is 0. The molecule has 2 aromatic carbocycles. The summed E-state index contributed by atoms with van der Waals surface area (Å²) in [6.07, 6.45) is 7.84. The first-order chi connectivity index (χ1) is 14.9. The zero-order valence-electron chi connectivity index (χ0n) is 16.4. The maximum Gasteiger partial charge on any atom is 0.270 e. The predicted molar refractivity (Wildman–Crippen MR) is 113 cm³/mol. The van der Waals surface area contributed by atoms with E-state index in [1.165, 1.54) is 29.2 Å². The first-order valence-electron chi connectivity index (χ1n) is 10.1. The van der Waals surface area contributed by atoms with Crippen LogP contribution in [0.3, 0.4) is 0 Å². The molecule has 1 saturated heterocycles. The molecule has 1 aliphatic heterocycles. The standard InChI is InChI=1S/C24H18N2O5/c27-20(11-4-14-2-1-3-19(12-14)26(30)31)15-7-9-18(10-8-15)25-23(28)21-16-5-6-17(13-16)22(21)24(25)29/h1-12,16-17,21-22H,13H2/b11-4+/t16-,17-,21-,22+/m0/s1. The largest absolute Gasteiger partial charge is 0.289 e. The molecule has 0 unspecified atom stereocenters. The monoisotopic (exact) mass is 414 g/mol. The number of hydrogen-bond donors (Lipinski definition) is 0. The van der Waals surface area contributed by atoms with Gasteiger partial charge in [-0.05, 0) is 54.2 Å². The Morgan fingerprint density at radius 1 is 1.00 bits per heavy atom. The maximum atomic E-state index is 12.9. The van der Waals surface area contributed by atoms with Crippen molar-refractivity contribution in [1.82, 2.24) is 0 Å². The Hall–Kier alpha value is -3.87. The van der Waals surface area contributed by atoms with Crippen molar-refractivity contribution in [2.24, 2.45) is 23.7 Å². The molecule has 1 saturated carbocycles. The third-order valence-corrected chi connectivity index (χ3v) is 6.39. The molecule has 0 spiro atoms. The zero-order valence-corrected chi connectivity index (χ0v) is 16.4. The molecule has 2 bridgehead atoms. The van der Waals surface area contributed by atoms with Crippen molar-refractivity contribution in [3.63, 3.8) is 0 Å². The van der Waals surface area contributed by atoms with Crippen LogP contribution in [-0.4, -0.2) is 22.5 Å². The van der Waals surface area contributed by atoms with Gasteiger partial charge < -0.3 is 0 Å². The average Bonchev–Trinajstić information content (AvgIpc) is 3.46. The number of carbonyl (C=O) groups is 3. The molecule has 2 aromatic rings. The normalized spacial score (nSPS) is 26.1. The fourth-order valence-electron chi connectivity index (χ4n) is 4.94. The summed E-state index contributed by atoms with van der Waals surface area (Å²) in [6.45, 7) is 0. The molecule has 2 amide bonds. The minimum atomic E-state index is -0.492. The van der Waals surface area contributed by atoms with E-state index in [9.17, 15) is 24.5 Å². The van der Waals surface area contributed by atoms with Crippen molar-refractivity contribution in [1.29, 1.82) is 0 Å². The van der Waals surface area contributed by atoms with Crippen LogP contribution >= 0.6 is 0 Å². The number of fused-ring (bicyclic) bond motifs is 5. The van der Waals surface area contributed by atoms with Gasteiger partial charge in [0.2, 0.25) is 11.8 Å². The van der Waals surface area contributed by atoms with Crippen LogP contribution in [0.5, 0.6) is 0 Å². The van der Waals surface area contributed by atoms with E-state index in [4.69, 9.17) is 0 Å². The lowest BCUT2D eigenvalue weighted by atomic mass is 9.85. The summed E-state index contributed by atoms with van der Waals surface area (Å²) >= 11 is 0. The molecule has 5 rings (SSSR count). The topological polar surface area (TPSA) is 97.6 Å². The van der Waals surface area contributed by atoms with Gasteiger partial charge in [0, 0.05) is 17.7 Å². The molecule has 2 fully saturated rings. The Morgan fingerprint density at radius 2 is 1.65 bits per heavy atom. The lowest BCUT2D eigenvalue weighted by Crippen LogP contribution is -2.32. The second kappa shape index (κ2) is 7.12. The summed E-state index contributed by atoms with van der Waals surface area (Å²) in [6, 6.07) is 12.4. The molecule has 1 heterocycles. The van der Waals surface area contributed by atoms with Gasteiger partial charge in [-0.15, -0.1) is 0 Å². The van der Waals surface area contributed by atoms with Crippen LogP contribution in [-0.2, 0) is 9.59 Å². The van der Waals surface area contributed by atoms with Crippen molar-refractivity contribution >= 4 is 35.0 Å². The van der Waals surface area contributed by atoms with Crippen LogP contribution in [0.4, 0.5) is 11.4 Å². The number of nitrogens with zero attached hydrogens (tertiary/aromatic N) is 2. The summed E-state index contributed by atoms with van der Waals surface area (Å²) in [5.41, 5.74) is 1.36. The van der Waals surface area contributed by atoms with Gasteiger partial charge in [-0.3, -0.25) is 29.4 Å². The van der Waals surface area contributed by atoms with Gasteiger partial charge in [-0.25, -0.2) is 0 Å². The first kappa shape index (κ1) is 19.1. The molecular formula is C24H18N2O5. The second-order valence-corrected chi connectivity index (χ2v) is 8.11. The molecular weight excluding hydrogens is 396 g/mol. The molecule has 3 aliphatic rings. The number of nitro benzene ring substituents is 1. The molecule has 0 aromatic heterocycles. The molecule has 7 nitrogen and oxygen atoms in total. The fraction of sp³-hybridized carbons (Fsp3) is 0.208. The number of amides is 2. The van der Waals surface area contributed by atoms with E-state index in [1.807, 2.05) is 0 Å². The van der Waals surface area contributed by atoms with Gasteiger partial charge in [0.1, 0.15) is 0 Å². The lowest BCUT2D eigenvalue weighted by Gasteiger charge is -2.17. The number of hydrogen-bond acceptors (Lipinski definition) is 5. The number of anilines is 1. The van der Waals surface area contributed by atoms with Gasteiger partial charge >= 0.3 is 0 Å². The molecule has 2 aliphatic carbocycles. The first-order valence-corrected chi connectivity index (χ1v) is 10.1. The minimum Gasteiger partial charge on any atom is -0.289 e. The van der Waals surface area contributed by atoms with Gasteiger partial charge in [0.05, 0.1) is 22.4 Å². The van der Waals surface area contributed by atoms with Gasteiger partial charge in [0.25, 0.3) is 5.69 Å². The third-order valence-electron chi connectivity index (χ3n) is 6.39. The number of imide groups is 1. The van der Waals surface area contributed by atoms with Crippen molar-refractivity contribution in [3.05, 3.63) is 88.0 Å². The van der Waals surface area contributed by atoms with E-state index in [1.54, 1.807) is 36.4 Å². The van der Waals surface area contributed by atoms with Crippen LogP contribution in [0.25, 0.3) is 6.08 Å². The Kier molecular flexibility index (Phi) is 4.39. The summed E-state index contributed by atoms with van der Waals surface area (Å²) in [4.78, 5) is 49.9. The smallest absolute Gasteiger partial charge is 0.270 e. The van der Waals surface area contributed by atoms with Crippen molar-refractivity contribution in [2.45, 2.75) is 6.42 Å². The number of benzene rings is 2. The van der Waals surface area contributed by atoms with Crippen molar-refractivity contribution < 1.29 is 19.3 Å². The summed E-state index contributed by atoms with van der Waals surface area (Å²) in [5.74, 6) is -0.819. The van der Waals surface area contributed by atoms with Gasteiger partial charge in [0.15, 0.2) is 5.78 Å². The molecule has 0 N–H and O–H groups in total. The van der Waals surface area contributed by atoms with Crippen LogP contribution < -0.4 is 4.90 Å². The van der Waals surface area contributed by atoms with E-state index in [2.05, 4.69) is 12.2 Å². The molecule has 4 atom stereocenters. The number of nitro groups is 1. The summed E-state index contributed by atoms with van der Waals surface area (Å²) in [5, 5.41) is 10.9. The third kappa shape index (κ3) is 3.09. The Morgan fingerprint density at radius 3 is 2.26 bits per heavy atom. The van der Waals surface area contributed by atoms with Crippen LogP contribution in [0.2, 0.25) is 0 Å². The number of rotatable bonds is 5. The number of carbonyl (C=O) groups excluding carboxylic acids is 3. The van der Waals surface area contributed by atoms with E-state index < -0.39 is 4.92 Å². The number of non-ortho nitro benzene ring substituents is 1. The van der Waals surface area contributed by atoms with Gasteiger partial charge in [-0.1, -0.05) is 30.4 Å². The highest BCUT2D eigenvalue weighted by Crippen LogP contribution is 2.53. The Bertz CT molecular complexity index is 1150. The Balaban J connectivity index is 1.32. The Labute approximate surface area is 177 Å². The zero-order chi connectivity index (χ0) is 21.7. The lowest BCUT2D eigenvalue weighted by molar-refractivity contribution is -0.384. The minimum absolute atomic E-state index is 0.0488. The highest BCUT2D eigenvalue weighted by molar-refractivity contribution is 6.23. The van der Waals surface area contributed by atoms with Crippen LogP contribution in [0.1, 0.15) is 22.3 Å². The quantitative estimate of drug-likeness (QED) is 0.185. The average molecular weight is 414 g/mol. The number of allylic oxidation sites excluding steroid dienone is 3. The summed E-state index contributed by atoms with van der Waals surface area (Å²) in [7, 11) is 0.